The van der Waals surface area contributed by atoms with Crippen molar-refractivity contribution >= 4 is 35.1 Å². The number of carbonyl (C=O) groups is 1. The molecule has 2 fully saturated rings. The van der Waals surface area contributed by atoms with Crippen molar-refractivity contribution in [3.63, 3.8) is 0 Å². The molecule has 1 aromatic carbocycles. The number of nitrogens with zero attached hydrogens (tertiary/aromatic N) is 6. The van der Waals surface area contributed by atoms with Gasteiger partial charge in [0.1, 0.15) is 0 Å². The van der Waals surface area contributed by atoms with E-state index in [1.165, 1.54) is 0 Å². The smallest absolute Gasteiger partial charge is 0.306 e. The Morgan fingerprint density at radius 2 is 1.65 bits per heavy atom. The lowest BCUT2D eigenvalue weighted by Crippen LogP contribution is -2.45. The summed E-state index contributed by atoms with van der Waals surface area (Å²) in [5, 5.41) is 10.7. The maximum Gasteiger partial charge on any atom is 0.306 e. The van der Waals surface area contributed by atoms with E-state index in [2.05, 4.69) is 31.7 Å². The highest BCUT2D eigenvalue weighted by Crippen LogP contribution is 2.31. The number of piperazine rings is 1. The number of aromatic nitrogens is 3. The molecule has 5 rings (SSSR count). The normalized spacial score (nSPS) is 20.8. The molecule has 0 amide bonds. The quantitative estimate of drug-likeness (QED) is 0.395. The molecule has 9 nitrogen and oxygen atoms in total. The number of hydrogen-bond donors (Lipinski definition) is 1. The third-order valence-corrected chi connectivity index (χ3v) is 8.15. The highest BCUT2D eigenvalue weighted by atomic mass is 35.5. The Balaban J connectivity index is 1.38. The molecule has 0 radical (unpaired) electrons. The molecule has 1 N–H and O–H groups in total. The molecule has 0 bridgehead atoms. The van der Waals surface area contributed by atoms with Gasteiger partial charge in [0, 0.05) is 54.4 Å². The van der Waals surface area contributed by atoms with Gasteiger partial charge in [0.05, 0.1) is 24.0 Å². The van der Waals surface area contributed by atoms with Crippen LogP contribution < -0.4 is 9.64 Å². The Morgan fingerprint density at radius 1 is 0.975 bits per heavy atom. The van der Waals surface area contributed by atoms with E-state index in [9.17, 15) is 9.90 Å². The van der Waals surface area contributed by atoms with Gasteiger partial charge >= 0.3 is 5.97 Å². The van der Waals surface area contributed by atoms with E-state index in [1.54, 1.807) is 18.5 Å². The van der Waals surface area contributed by atoms with Gasteiger partial charge in [-0.1, -0.05) is 30.1 Å². The van der Waals surface area contributed by atoms with E-state index in [4.69, 9.17) is 32.9 Å². The van der Waals surface area contributed by atoms with Crippen molar-refractivity contribution in [2.24, 2.45) is 11.8 Å². The summed E-state index contributed by atoms with van der Waals surface area (Å²) < 4.78 is 6.16. The number of aliphatic carboxylic acids is 1. The number of carboxylic acids is 1. The first-order valence-electron chi connectivity index (χ1n) is 13.6. The van der Waals surface area contributed by atoms with Crippen molar-refractivity contribution in [3.05, 3.63) is 58.3 Å². The Kier molecular flexibility index (Phi) is 9.05. The van der Waals surface area contributed by atoms with Crippen molar-refractivity contribution in [1.29, 1.82) is 0 Å². The van der Waals surface area contributed by atoms with Crippen molar-refractivity contribution in [2.75, 3.05) is 51.2 Å². The molecule has 11 heteroatoms. The van der Waals surface area contributed by atoms with E-state index in [1.807, 2.05) is 31.2 Å². The lowest BCUT2D eigenvalue weighted by molar-refractivity contribution is -0.143. The SMILES string of the molecule is C[C@H]1CCN(Cc2cc(Oc3cnc(N4CCN(C)CC4)nc3)nc(-c3cc(Cl)cc(Cl)c3)c2)CC[C@H]1C(=O)O. The van der Waals surface area contributed by atoms with E-state index >= 15 is 0 Å². The number of hydrogen-bond acceptors (Lipinski definition) is 8. The van der Waals surface area contributed by atoms with Crippen LogP contribution >= 0.6 is 23.2 Å². The van der Waals surface area contributed by atoms with Gasteiger partial charge in [0.2, 0.25) is 11.8 Å². The maximum atomic E-state index is 11.7. The second kappa shape index (κ2) is 12.7. The van der Waals surface area contributed by atoms with Crippen LogP contribution in [0.2, 0.25) is 10.0 Å². The van der Waals surface area contributed by atoms with Crippen LogP contribution in [-0.2, 0) is 11.3 Å². The fourth-order valence-corrected chi connectivity index (χ4v) is 5.82. The minimum Gasteiger partial charge on any atom is -0.481 e. The summed E-state index contributed by atoms with van der Waals surface area (Å²) in [7, 11) is 2.11. The minimum atomic E-state index is -0.713. The Bertz CT molecular complexity index is 1310. The highest BCUT2D eigenvalue weighted by Gasteiger charge is 2.28. The van der Waals surface area contributed by atoms with Gasteiger partial charge in [-0.25, -0.2) is 15.0 Å². The van der Waals surface area contributed by atoms with Gasteiger partial charge in [-0.05, 0) is 68.7 Å². The lowest BCUT2D eigenvalue weighted by atomic mass is 9.90. The van der Waals surface area contributed by atoms with Crippen LogP contribution in [0, 0.1) is 11.8 Å². The highest BCUT2D eigenvalue weighted by molar-refractivity contribution is 6.35. The van der Waals surface area contributed by atoms with E-state index in [-0.39, 0.29) is 11.8 Å². The van der Waals surface area contributed by atoms with Gasteiger partial charge in [-0.2, -0.15) is 0 Å². The summed E-state index contributed by atoms with van der Waals surface area (Å²) >= 11 is 12.6. The Morgan fingerprint density at radius 3 is 2.33 bits per heavy atom. The van der Waals surface area contributed by atoms with E-state index in [0.29, 0.717) is 52.8 Å². The van der Waals surface area contributed by atoms with Crippen molar-refractivity contribution in [3.8, 4) is 22.9 Å². The van der Waals surface area contributed by atoms with E-state index in [0.717, 1.165) is 50.3 Å². The Hall–Kier alpha value is -2.98. The van der Waals surface area contributed by atoms with Crippen LogP contribution in [0.1, 0.15) is 25.3 Å². The third-order valence-electron chi connectivity index (χ3n) is 7.71. The molecule has 2 aliphatic heterocycles. The summed E-state index contributed by atoms with van der Waals surface area (Å²) in [5.74, 6) is 0.689. The molecule has 2 atom stereocenters. The van der Waals surface area contributed by atoms with Gasteiger partial charge in [0.25, 0.3) is 0 Å². The lowest BCUT2D eigenvalue weighted by Gasteiger charge is -2.32. The molecule has 2 saturated heterocycles. The van der Waals surface area contributed by atoms with Gasteiger partial charge in [0.15, 0.2) is 5.75 Å². The molecule has 0 unspecified atom stereocenters. The maximum absolute atomic E-state index is 11.7. The predicted octanol–water partition coefficient (Wildman–Crippen LogP) is 5.32. The van der Waals surface area contributed by atoms with Crippen LogP contribution in [0.5, 0.6) is 11.6 Å². The molecule has 0 spiro atoms. The van der Waals surface area contributed by atoms with Crippen LogP contribution in [-0.4, -0.2) is 82.1 Å². The number of anilines is 1. The minimum absolute atomic E-state index is 0.136. The summed E-state index contributed by atoms with van der Waals surface area (Å²) in [6, 6.07) is 9.24. The van der Waals surface area contributed by atoms with Crippen molar-refractivity contribution in [1.82, 2.24) is 24.8 Å². The number of likely N-dealkylation sites (tertiary alicyclic amines) is 1. The molecule has 212 valence electrons. The van der Waals surface area contributed by atoms with Crippen LogP contribution in [0.3, 0.4) is 0 Å². The van der Waals surface area contributed by atoms with Crippen LogP contribution in [0.25, 0.3) is 11.3 Å². The molecule has 40 heavy (non-hydrogen) atoms. The van der Waals surface area contributed by atoms with E-state index < -0.39 is 5.97 Å². The van der Waals surface area contributed by atoms with Crippen molar-refractivity contribution < 1.29 is 14.6 Å². The number of benzene rings is 1. The van der Waals surface area contributed by atoms with Gasteiger partial charge < -0.3 is 19.6 Å². The first-order chi connectivity index (χ1) is 19.2. The first kappa shape index (κ1) is 28.5. The molecule has 3 aromatic rings. The fraction of sp³-hybridized carbons (Fsp3) is 0.448. The number of carboxylic acid groups (broad SMARTS) is 1. The van der Waals surface area contributed by atoms with Crippen LogP contribution in [0.4, 0.5) is 5.95 Å². The number of rotatable bonds is 7. The fourth-order valence-electron chi connectivity index (χ4n) is 5.29. The Labute approximate surface area is 244 Å². The first-order valence-corrected chi connectivity index (χ1v) is 14.3. The second-order valence-electron chi connectivity index (χ2n) is 10.7. The molecule has 4 heterocycles. The molecular weight excluding hydrogens is 551 g/mol. The number of pyridine rings is 1. The average Bonchev–Trinajstić information content (AvgIpc) is 3.10. The topological polar surface area (TPSA) is 94.9 Å². The van der Waals surface area contributed by atoms with Gasteiger partial charge in [-0.15, -0.1) is 0 Å². The standard InChI is InChI=1S/C29H34Cl2N6O3/c1-19-3-5-36(6-4-25(19)28(38)39)18-20-11-26(21-13-22(30)15-23(31)14-21)34-27(12-20)40-24-16-32-29(33-17-24)37-9-7-35(2)8-10-37/h11-17,19,25H,3-10,18H2,1-2H3,(H,38,39)/t19-,25+/m0/s1. The molecule has 2 aromatic heterocycles. The summed E-state index contributed by atoms with van der Waals surface area (Å²) in [4.78, 5) is 32.3. The predicted molar refractivity (Wildman–Crippen MR) is 156 cm³/mol. The molecular formula is C29H34Cl2N6O3. The monoisotopic (exact) mass is 584 g/mol. The van der Waals surface area contributed by atoms with Crippen molar-refractivity contribution in [2.45, 2.75) is 26.3 Å². The summed E-state index contributed by atoms with van der Waals surface area (Å²) in [6.07, 6.45) is 4.80. The zero-order valence-electron chi connectivity index (χ0n) is 22.8. The average molecular weight is 586 g/mol. The number of likely N-dealkylation sites (N-methyl/N-ethyl adjacent to an activating group) is 1. The second-order valence-corrected chi connectivity index (χ2v) is 11.6. The number of ether oxygens (including phenoxy) is 1. The zero-order chi connectivity index (χ0) is 28.2. The van der Waals surface area contributed by atoms with Crippen LogP contribution in [0.15, 0.2) is 42.7 Å². The van der Waals surface area contributed by atoms with Gasteiger partial charge in [-0.3, -0.25) is 9.69 Å². The largest absolute Gasteiger partial charge is 0.481 e. The third kappa shape index (κ3) is 7.20. The zero-order valence-corrected chi connectivity index (χ0v) is 24.3. The summed E-state index contributed by atoms with van der Waals surface area (Å²) in [6.45, 7) is 7.91. The molecule has 0 aliphatic carbocycles. The summed E-state index contributed by atoms with van der Waals surface area (Å²) in [5.41, 5.74) is 2.45. The molecule has 0 saturated carbocycles. The molecule has 2 aliphatic rings. The number of halogens is 2.